The molecule has 4 rings (SSSR count). The van der Waals surface area contributed by atoms with Gasteiger partial charge in [0.05, 0.1) is 7.11 Å². The predicted molar refractivity (Wildman–Crippen MR) is 135 cm³/mol. The molecule has 9 heteroatoms. The number of hydrogen-bond acceptors (Lipinski definition) is 6. The van der Waals surface area contributed by atoms with Crippen molar-refractivity contribution in [2.24, 2.45) is 0 Å². The third kappa shape index (κ3) is 6.50. The summed E-state index contributed by atoms with van der Waals surface area (Å²) < 4.78 is 22.0. The fraction of sp³-hybridized carbons (Fsp3) is 0.185. The maximum atomic E-state index is 13.0. The van der Waals surface area contributed by atoms with Crippen LogP contribution in [0, 0.1) is 0 Å². The van der Waals surface area contributed by atoms with E-state index in [4.69, 9.17) is 37.4 Å². The Hall–Kier alpha value is -3.68. The summed E-state index contributed by atoms with van der Waals surface area (Å²) >= 11 is 12.5. The normalized spacial score (nSPS) is 14.4. The van der Waals surface area contributed by atoms with Gasteiger partial charge in [-0.3, -0.25) is 10.1 Å². The molecule has 0 aliphatic carbocycles. The van der Waals surface area contributed by atoms with Crippen molar-refractivity contribution < 1.29 is 28.5 Å². The number of nitrogens with one attached hydrogen (secondary N) is 1. The number of esters is 1. The minimum atomic E-state index is -0.787. The van der Waals surface area contributed by atoms with E-state index in [1.165, 1.54) is 7.11 Å². The Labute approximate surface area is 218 Å². The van der Waals surface area contributed by atoms with Crippen LogP contribution >= 0.6 is 23.2 Å². The van der Waals surface area contributed by atoms with Gasteiger partial charge in [-0.15, -0.1) is 0 Å². The van der Waals surface area contributed by atoms with E-state index in [1.54, 1.807) is 36.4 Å². The van der Waals surface area contributed by atoms with Gasteiger partial charge in [0, 0.05) is 39.2 Å². The van der Waals surface area contributed by atoms with E-state index < -0.39 is 18.0 Å². The van der Waals surface area contributed by atoms with Crippen molar-refractivity contribution in [3.63, 3.8) is 0 Å². The van der Waals surface area contributed by atoms with Crippen molar-refractivity contribution in [2.45, 2.75) is 25.7 Å². The van der Waals surface area contributed by atoms with Gasteiger partial charge in [0.25, 0.3) is 5.91 Å². The zero-order valence-electron chi connectivity index (χ0n) is 19.3. The molecule has 1 unspecified atom stereocenters. The highest BCUT2D eigenvalue weighted by Crippen LogP contribution is 2.27. The van der Waals surface area contributed by atoms with Gasteiger partial charge in [-0.25, -0.2) is 4.79 Å². The van der Waals surface area contributed by atoms with Gasteiger partial charge >= 0.3 is 5.97 Å². The molecule has 3 aromatic rings. The highest BCUT2D eigenvalue weighted by Gasteiger charge is 2.27. The van der Waals surface area contributed by atoms with Crippen LogP contribution in [0.2, 0.25) is 10.0 Å². The molecule has 0 radical (unpaired) electrons. The first-order chi connectivity index (χ1) is 17.4. The summed E-state index contributed by atoms with van der Waals surface area (Å²) in [5, 5.41) is 3.82. The lowest BCUT2D eigenvalue weighted by Crippen LogP contribution is -2.27. The Bertz CT molecular complexity index is 1230. The molecule has 1 heterocycles. The number of ether oxygens (including phenoxy) is 4. The van der Waals surface area contributed by atoms with Crippen LogP contribution in [0.15, 0.2) is 78.7 Å². The molecule has 0 bridgehead atoms. The topological polar surface area (TPSA) is 83.1 Å². The molecule has 1 N–H and O–H groups in total. The van der Waals surface area contributed by atoms with E-state index in [0.717, 1.165) is 11.1 Å². The van der Waals surface area contributed by atoms with Crippen LogP contribution in [0.4, 0.5) is 0 Å². The second-order valence-electron chi connectivity index (χ2n) is 7.84. The van der Waals surface area contributed by atoms with E-state index in [2.05, 4.69) is 10.1 Å². The summed E-state index contributed by atoms with van der Waals surface area (Å²) in [6.45, 7) is 0.396. The van der Waals surface area contributed by atoms with Gasteiger partial charge in [0.2, 0.25) is 6.10 Å². The van der Waals surface area contributed by atoms with Crippen LogP contribution in [-0.4, -0.2) is 25.1 Å². The number of carbonyl (C=O) groups excluding carboxylic acids is 2. The summed E-state index contributed by atoms with van der Waals surface area (Å²) in [4.78, 5) is 24.7. The van der Waals surface area contributed by atoms with Crippen LogP contribution in [0.3, 0.4) is 0 Å². The van der Waals surface area contributed by atoms with Gasteiger partial charge in [0.15, 0.2) is 5.88 Å². The molecule has 1 atom stereocenters. The second kappa shape index (κ2) is 11.8. The fourth-order valence-electron chi connectivity index (χ4n) is 3.43. The molecule has 186 valence electrons. The maximum Gasteiger partial charge on any atom is 0.347 e. The van der Waals surface area contributed by atoms with Crippen LogP contribution < -0.4 is 14.8 Å². The van der Waals surface area contributed by atoms with Gasteiger partial charge in [-0.1, -0.05) is 59.6 Å². The largest absolute Gasteiger partial charge is 0.489 e. The van der Waals surface area contributed by atoms with Crippen LogP contribution in [0.25, 0.3) is 0 Å². The predicted octanol–water partition coefficient (Wildman–Crippen LogP) is 5.68. The van der Waals surface area contributed by atoms with Crippen LogP contribution in [-0.2, 0) is 27.5 Å². The Kier molecular flexibility index (Phi) is 8.36. The molecule has 0 fully saturated rings. The Morgan fingerprint density at radius 3 is 2.00 bits per heavy atom. The second-order valence-corrected chi connectivity index (χ2v) is 8.66. The monoisotopic (exact) mass is 527 g/mol. The zero-order valence-corrected chi connectivity index (χ0v) is 20.8. The molecule has 3 aromatic carbocycles. The number of amides is 1. The van der Waals surface area contributed by atoms with E-state index >= 15 is 0 Å². The van der Waals surface area contributed by atoms with Crippen molar-refractivity contribution in [3.8, 4) is 11.5 Å². The van der Waals surface area contributed by atoms with Crippen molar-refractivity contribution in [3.05, 3.63) is 105 Å². The third-order valence-electron chi connectivity index (χ3n) is 5.33. The Balaban J connectivity index is 1.52. The minimum Gasteiger partial charge on any atom is -0.489 e. The number of methoxy groups -OCH3 is 1. The standard InChI is InChI=1S/C27H23Cl2NO6/c1-33-27(32)24-10-11-25(36-24)30-26(31)19-12-20(34-15-17-6-2-4-8-22(17)28)14-21(13-19)35-16-18-7-3-5-9-23(18)29/h2-9,11-14,24H,10,15-16H2,1H3,(H,30,31). The molecule has 0 spiro atoms. The number of halogens is 2. The van der Waals surface area contributed by atoms with Crippen molar-refractivity contribution in [1.29, 1.82) is 0 Å². The van der Waals surface area contributed by atoms with Gasteiger partial charge in [-0.2, -0.15) is 0 Å². The average Bonchev–Trinajstić information content (AvgIpc) is 3.35. The quantitative estimate of drug-likeness (QED) is 0.360. The smallest absolute Gasteiger partial charge is 0.347 e. The molecular formula is C27H23Cl2NO6. The molecule has 1 aliphatic heterocycles. The number of carbonyl (C=O) groups is 2. The average molecular weight is 528 g/mol. The summed E-state index contributed by atoms with van der Waals surface area (Å²) in [5.41, 5.74) is 1.86. The minimum absolute atomic E-state index is 0.177. The zero-order chi connectivity index (χ0) is 25.5. The molecule has 36 heavy (non-hydrogen) atoms. The maximum absolute atomic E-state index is 13.0. The first-order valence-corrected chi connectivity index (χ1v) is 11.8. The first kappa shape index (κ1) is 25.4. The van der Waals surface area contributed by atoms with Gasteiger partial charge in [0.1, 0.15) is 24.7 Å². The van der Waals surface area contributed by atoms with Crippen LogP contribution in [0.1, 0.15) is 27.9 Å². The molecule has 1 aliphatic rings. The summed E-state index contributed by atoms with van der Waals surface area (Å²) in [6.07, 6.45) is 1.13. The number of hydrogen-bond donors (Lipinski definition) is 1. The Morgan fingerprint density at radius 1 is 0.917 bits per heavy atom. The van der Waals surface area contributed by atoms with Crippen LogP contribution in [0.5, 0.6) is 11.5 Å². The molecule has 7 nitrogen and oxygen atoms in total. The number of rotatable bonds is 9. The lowest BCUT2D eigenvalue weighted by atomic mass is 10.1. The van der Waals surface area contributed by atoms with E-state index in [-0.39, 0.29) is 24.7 Å². The summed E-state index contributed by atoms with van der Waals surface area (Å²) in [7, 11) is 1.28. The molecule has 0 saturated heterocycles. The Morgan fingerprint density at radius 2 is 1.47 bits per heavy atom. The first-order valence-electron chi connectivity index (χ1n) is 11.1. The van der Waals surface area contributed by atoms with E-state index in [1.807, 2.05) is 36.4 Å². The highest BCUT2D eigenvalue weighted by molar-refractivity contribution is 6.31. The van der Waals surface area contributed by atoms with E-state index in [0.29, 0.717) is 28.0 Å². The molecular weight excluding hydrogens is 505 g/mol. The van der Waals surface area contributed by atoms with Crippen molar-refractivity contribution in [1.82, 2.24) is 5.32 Å². The summed E-state index contributed by atoms with van der Waals surface area (Å²) in [6, 6.07) is 19.5. The molecule has 1 amide bonds. The lowest BCUT2D eigenvalue weighted by Gasteiger charge is -2.14. The number of benzene rings is 3. The molecule has 0 saturated carbocycles. The van der Waals surface area contributed by atoms with Gasteiger partial charge < -0.3 is 18.9 Å². The lowest BCUT2D eigenvalue weighted by molar-refractivity contribution is -0.150. The van der Waals surface area contributed by atoms with E-state index in [9.17, 15) is 9.59 Å². The fourth-order valence-corrected chi connectivity index (χ4v) is 3.81. The third-order valence-corrected chi connectivity index (χ3v) is 6.07. The van der Waals surface area contributed by atoms with Gasteiger partial charge in [-0.05, 0) is 30.3 Å². The summed E-state index contributed by atoms with van der Waals surface area (Å²) in [5.74, 6) is 0.0191. The van der Waals surface area contributed by atoms with Crippen molar-refractivity contribution >= 4 is 35.1 Å². The SMILES string of the molecule is COC(=O)C1CC=C(NC(=O)c2cc(OCc3ccccc3Cl)cc(OCc3ccccc3Cl)c2)O1. The van der Waals surface area contributed by atoms with Crippen molar-refractivity contribution in [2.75, 3.05) is 7.11 Å². The highest BCUT2D eigenvalue weighted by atomic mass is 35.5. The molecule has 0 aromatic heterocycles.